The molecule has 0 fully saturated rings. The van der Waals surface area contributed by atoms with Gasteiger partial charge < -0.3 is 9.64 Å². The Morgan fingerprint density at radius 1 is 1.40 bits per heavy atom. The molecule has 0 radical (unpaired) electrons. The first-order chi connectivity index (χ1) is 9.51. The summed E-state index contributed by atoms with van der Waals surface area (Å²) in [6.07, 6.45) is 0. The first kappa shape index (κ1) is 15.4. The predicted molar refractivity (Wildman–Crippen MR) is 85.8 cm³/mol. The van der Waals surface area contributed by atoms with Crippen LogP contribution in [0.5, 0.6) is 5.75 Å². The van der Waals surface area contributed by atoms with Gasteiger partial charge in [-0.25, -0.2) is 0 Å². The van der Waals surface area contributed by atoms with Gasteiger partial charge in [-0.2, -0.15) is 0 Å². The summed E-state index contributed by atoms with van der Waals surface area (Å²) in [5.74, 6) is 0.698. The molecule has 0 unspecified atom stereocenters. The number of ether oxygens (including phenoxy) is 1. The van der Waals surface area contributed by atoms with Crippen LogP contribution in [-0.4, -0.2) is 25.0 Å². The predicted octanol–water partition coefficient (Wildman–Crippen LogP) is 4.44. The molecule has 1 heterocycles. The van der Waals surface area contributed by atoms with Crippen molar-refractivity contribution in [2.45, 2.75) is 6.54 Å². The number of nitrogens with zero attached hydrogens (tertiary/aromatic N) is 1. The number of amides is 1. The average molecular weight is 375 g/mol. The Morgan fingerprint density at radius 2 is 2.15 bits per heavy atom. The standard InChI is InChI=1S/C14H13BrClNO2S/c1-17(14(18)12-5-6-13(15)20-12)8-9-7-10(16)3-4-11(9)19-2/h3-7H,8H2,1-2H3. The second-order valence-electron chi connectivity index (χ2n) is 4.22. The number of carbonyl (C=O) groups is 1. The minimum Gasteiger partial charge on any atom is -0.496 e. The molecule has 20 heavy (non-hydrogen) atoms. The zero-order chi connectivity index (χ0) is 14.7. The number of hydrogen-bond donors (Lipinski definition) is 0. The molecule has 0 spiro atoms. The summed E-state index contributed by atoms with van der Waals surface area (Å²) < 4.78 is 6.23. The van der Waals surface area contributed by atoms with Gasteiger partial charge in [-0.15, -0.1) is 11.3 Å². The van der Waals surface area contributed by atoms with Gasteiger partial charge in [-0.3, -0.25) is 4.79 Å². The maximum atomic E-state index is 12.3. The lowest BCUT2D eigenvalue weighted by molar-refractivity contribution is 0.0789. The number of benzene rings is 1. The lowest BCUT2D eigenvalue weighted by Crippen LogP contribution is -2.25. The molecule has 1 amide bonds. The number of hydrogen-bond acceptors (Lipinski definition) is 3. The maximum Gasteiger partial charge on any atom is 0.264 e. The molecule has 0 N–H and O–H groups in total. The van der Waals surface area contributed by atoms with Crippen LogP contribution in [0.15, 0.2) is 34.1 Å². The Balaban J connectivity index is 2.17. The van der Waals surface area contributed by atoms with E-state index in [4.69, 9.17) is 16.3 Å². The van der Waals surface area contributed by atoms with Gasteiger partial charge in [0.1, 0.15) is 5.75 Å². The highest BCUT2D eigenvalue weighted by atomic mass is 79.9. The number of methoxy groups -OCH3 is 1. The van der Waals surface area contributed by atoms with Gasteiger partial charge in [-0.05, 0) is 46.3 Å². The van der Waals surface area contributed by atoms with Gasteiger partial charge in [0.2, 0.25) is 0 Å². The summed E-state index contributed by atoms with van der Waals surface area (Å²) in [4.78, 5) is 14.6. The largest absolute Gasteiger partial charge is 0.496 e. The van der Waals surface area contributed by atoms with Gasteiger partial charge in [0, 0.05) is 24.2 Å². The van der Waals surface area contributed by atoms with Crippen LogP contribution in [0.2, 0.25) is 5.02 Å². The molecule has 0 atom stereocenters. The topological polar surface area (TPSA) is 29.5 Å². The molecule has 3 nitrogen and oxygen atoms in total. The van der Waals surface area contributed by atoms with Crippen molar-refractivity contribution in [2.75, 3.05) is 14.2 Å². The van der Waals surface area contributed by atoms with Gasteiger partial charge >= 0.3 is 0 Å². The summed E-state index contributed by atoms with van der Waals surface area (Å²) in [6.45, 7) is 0.443. The van der Waals surface area contributed by atoms with E-state index in [2.05, 4.69) is 15.9 Å². The van der Waals surface area contributed by atoms with Crippen molar-refractivity contribution in [3.05, 3.63) is 49.6 Å². The van der Waals surface area contributed by atoms with E-state index in [9.17, 15) is 4.79 Å². The number of thiophene rings is 1. The molecular formula is C14H13BrClNO2S. The fraction of sp³-hybridized carbons (Fsp3) is 0.214. The third kappa shape index (κ3) is 3.53. The summed E-state index contributed by atoms with van der Waals surface area (Å²) in [5, 5.41) is 0.625. The SMILES string of the molecule is COc1ccc(Cl)cc1CN(C)C(=O)c1ccc(Br)s1. The summed E-state index contributed by atoms with van der Waals surface area (Å²) in [7, 11) is 3.36. The van der Waals surface area contributed by atoms with Crippen molar-refractivity contribution >= 4 is 44.8 Å². The van der Waals surface area contributed by atoms with Crippen LogP contribution in [0, 0.1) is 0 Å². The van der Waals surface area contributed by atoms with Gasteiger partial charge in [-0.1, -0.05) is 11.6 Å². The summed E-state index contributed by atoms with van der Waals surface area (Å²) >= 11 is 10.8. The highest BCUT2D eigenvalue weighted by Gasteiger charge is 2.16. The van der Waals surface area contributed by atoms with Crippen molar-refractivity contribution in [3.63, 3.8) is 0 Å². The first-order valence-electron chi connectivity index (χ1n) is 5.84. The smallest absolute Gasteiger partial charge is 0.264 e. The van der Waals surface area contributed by atoms with Crippen molar-refractivity contribution in [2.24, 2.45) is 0 Å². The number of carbonyl (C=O) groups excluding carboxylic acids is 1. The normalized spacial score (nSPS) is 10.4. The monoisotopic (exact) mass is 373 g/mol. The Morgan fingerprint density at radius 3 is 2.75 bits per heavy atom. The lowest BCUT2D eigenvalue weighted by atomic mass is 10.2. The van der Waals surface area contributed by atoms with E-state index in [1.807, 2.05) is 18.2 Å². The van der Waals surface area contributed by atoms with Crippen LogP contribution in [0.25, 0.3) is 0 Å². The van der Waals surface area contributed by atoms with Gasteiger partial charge in [0.25, 0.3) is 5.91 Å². The van der Waals surface area contributed by atoms with Crippen LogP contribution in [-0.2, 0) is 6.54 Å². The molecule has 6 heteroatoms. The van der Waals surface area contributed by atoms with E-state index in [0.29, 0.717) is 16.4 Å². The van der Waals surface area contributed by atoms with Crippen LogP contribution in [0.4, 0.5) is 0 Å². The minimum absolute atomic E-state index is 0.0253. The van der Waals surface area contributed by atoms with Crippen molar-refractivity contribution in [1.29, 1.82) is 0 Å². The molecule has 1 aromatic carbocycles. The maximum absolute atomic E-state index is 12.3. The van der Waals surface area contributed by atoms with Crippen LogP contribution in [0.1, 0.15) is 15.2 Å². The molecule has 106 valence electrons. The van der Waals surface area contributed by atoms with E-state index in [0.717, 1.165) is 15.1 Å². The van der Waals surface area contributed by atoms with Gasteiger partial charge in [0.15, 0.2) is 0 Å². The van der Waals surface area contributed by atoms with E-state index < -0.39 is 0 Å². The van der Waals surface area contributed by atoms with Crippen molar-refractivity contribution < 1.29 is 9.53 Å². The Bertz CT molecular complexity index is 629. The van der Waals surface area contributed by atoms with Crippen molar-refractivity contribution in [1.82, 2.24) is 4.90 Å². The van der Waals surface area contributed by atoms with Crippen molar-refractivity contribution in [3.8, 4) is 5.75 Å². The average Bonchev–Trinajstić information content (AvgIpc) is 2.84. The zero-order valence-corrected chi connectivity index (χ0v) is 14.2. The minimum atomic E-state index is -0.0253. The molecule has 0 aliphatic carbocycles. The van der Waals surface area contributed by atoms with Crippen LogP contribution < -0.4 is 4.74 Å². The van der Waals surface area contributed by atoms with Crippen LogP contribution >= 0.6 is 38.9 Å². The molecule has 0 aliphatic rings. The lowest BCUT2D eigenvalue weighted by Gasteiger charge is -2.18. The van der Waals surface area contributed by atoms with E-state index in [1.165, 1.54) is 11.3 Å². The molecule has 2 rings (SSSR count). The number of halogens is 2. The third-order valence-electron chi connectivity index (χ3n) is 2.78. The molecule has 2 aromatic rings. The Kier molecular flexibility index (Phi) is 5.07. The molecule has 1 aromatic heterocycles. The highest BCUT2D eigenvalue weighted by Crippen LogP contribution is 2.26. The molecule has 0 saturated heterocycles. The number of rotatable bonds is 4. The molecule has 0 saturated carbocycles. The van der Waals surface area contributed by atoms with Crippen LogP contribution in [0.3, 0.4) is 0 Å². The van der Waals surface area contributed by atoms with E-state index >= 15 is 0 Å². The summed E-state index contributed by atoms with van der Waals surface area (Å²) in [5.41, 5.74) is 0.881. The molecule has 0 bridgehead atoms. The Labute approximate surface area is 135 Å². The molecule has 0 aliphatic heterocycles. The second-order valence-corrected chi connectivity index (χ2v) is 7.12. The first-order valence-corrected chi connectivity index (χ1v) is 7.83. The fourth-order valence-electron chi connectivity index (χ4n) is 1.82. The van der Waals surface area contributed by atoms with Gasteiger partial charge in [0.05, 0.1) is 15.8 Å². The highest BCUT2D eigenvalue weighted by molar-refractivity contribution is 9.11. The van der Waals surface area contributed by atoms with E-state index in [-0.39, 0.29) is 5.91 Å². The zero-order valence-electron chi connectivity index (χ0n) is 11.0. The molecular weight excluding hydrogens is 362 g/mol. The fourth-order valence-corrected chi connectivity index (χ4v) is 3.39. The quantitative estimate of drug-likeness (QED) is 0.791. The summed E-state index contributed by atoms with van der Waals surface area (Å²) in [6, 6.07) is 9.06. The Hall–Kier alpha value is -1.04. The third-order valence-corrected chi connectivity index (χ3v) is 4.63. The van der Waals surface area contributed by atoms with E-state index in [1.54, 1.807) is 31.2 Å². The second kappa shape index (κ2) is 6.61.